The maximum absolute atomic E-state index is 12.1. The minimum absolute atomic E-state index is 0.0883. The maximum atomic E-state index is 12.1. The third-order valence-corrected chi connectivity index (χ3v) is 4.14. The summed E-state index contributed by atoms with van der Waals surface area (Å²) in [5.74, 6) is 0.0883. The molecule has 0 bridgehead atoms. The Kier molecular flexibility index (Phi) is 5.22. The van der Waals surface area contributed by atoms with E-state index >= 15 is 0 Å². The van der Waals surface area contributed by atoms with Gasteiger partial charge in [-0.25, -0.2) is 0 Å². The van der Waals surface area contributed by atoms with Crippen molar-refractivity contribution in [3.63, 3.8) is 0 Å². The first-order chi connectivity index (χ1) is 11.3. The van der Waals surface area contributed by atoms with E-state index in [9.17, 15) is 4.79 Å². The molecule has 2 aromatic carbocycles. The van der Waals surface area contributed by atoms with Crippen LogP contribution in [0.25, 0.3) is 5.57 Å². The van der Waals surface area contributed by atoms with Gasteiger partial charge >= 0.3 is 0 Å². The first kappa shape index (κ1) is 15.5. The molecule has 1 amide bonds. The normalized spacial score (nSPS) is 15.0. The molecule has 2 aromatic rings. The molecule has 0 unspecified atom stereocenters. The van der Waals surface area contributed by atoms with E-state index in [1.54, 1.807) is 0 Å². The van der Waals surface area contributed by atoms with Crippen molar-refractivity contribution in [2.45, 2.75) is 13.0 Å². The number of amides is 1. The lowest BCUT2D eigenvalue weighted by Crippen LogP contribution is -2.39. The van der Waals surface area contributed by atoms with Gasteiger partial charge in [0, 0.05) is 19.6 Å². The van der Waals surface area contributed by atoms with Gasteiger partial charge in [-0.2, -0.15) is 0 Å². The lowest BCUT2D eigenvalue weighted by Gasteiger charge is -2.25. The molecule has 3 heteroatoms. The average molecular weight is 306 g/mol. The van der Waals surface area contributed by atoms with Crippen molar-refractivity contribution in [1.82, 2.24) is 10.2 Å². The van der Waals surface area contributed by atoms with Crippen LogP contribution in [0.3, 0.4) is 0 Å². The summed E-state index contributed by atoms with van der Waals surface area (Å²) in [4.78, 5) is 14.2. The van der Waals surface area contributed by atoms with Crippen LogP contribution in [0.5, 0.6) is 0 Å². The standard InChI is InChI=1S/C20H22N2O/c23-20(21-15-17-7-3-1-4-8-17)16-22-13-11-19(12-14-22)18-9-5-2-6-10-18/h1-11H,12-16H2,(H,21,23). The molecule has 118 valence electrons. The Labute approximate surface area is 137 Å². The monoisotopic (exact) mass is 306 g/mol. The van der Waals surface area contributed by atoms with Gasteiger partial charge in [0.2, 0.25) is 5.91 Å². The summed E-state index contributed by atoms with van der Waals surface area (Å²) in [7, 11) is 0. The fourth-order valence-electron chi connectivity index (χ4n) is 2.82. The highest BCUT2D eigenvalue weighted by atomic mass is 16.2. The summed E-state index contributed by atoms with van der Waals surface area (Å²) >= 11 is 0. The summed E-state index contributed by atoms with van der Waals surface area (Å²) < 4.78 is 0. The van der Waals surface area contributed by atoms with Crippen molar-refractivity contribution in [2.24, 2.45) is 0 Å². The van der Waals surface area contributed by atoms with Crippen LogP contribution in [0.4, 0.5) is 0 Å². The topological polar surface area (TPSA) is 32.3 Å². The summed E-state index contributed by atoms with van der Waals surface area (Å²) in [6.45, 7) is 2.83. The van der Waals surface area contributed by atoms with E-state index in [1.165, 1.54) is 11.1 Å². The highest BCUT2D eigenvalue weighted by Crippen LogP contribution is 2.21. The van der Waals surface area contributed by atoms with Gasteiger partial charge in [-0.05, 0) is 23.1 Å². The average Bonchev–Trinajstić information content (AvgIpc) is 2.62. The predicted octanol–water partition coefficient (Wildman–Crippen LogP) is 3.09. The molecule has 0 aromatic heterocycles. The molecule has 1 aliphatic rings. The number of rotatable bonds is 5. The Morgan fingerprint density at radius 2 is 1.70 bits per heavy atom. The van der Waals surface area contributed by atoms with E-state index in [1.807, 2.05) is 36.4 Å². The van der Waals surface area contributed by atoms with E-state index in [4.69, 9.17) is 0 Å². The molecule has 1 aliphatic heterocycles. The fourth-order valence-corrected chi connectivity index (χ4v) is 2.82. The van der Waals surface area contributed by atoms with Crippen LogP contribution >= 0.6 is 0 Å². The highest BCUT2D eigenvalue weighted by molar-refractivity contribution is 5.78. The summed E-state index contributed by atoms with van der Waals surface area (Å²) in [6, 6.07) is 20.5. The smallest absolute Gasteiger partial charge is 0.234 e. The van der Waals surface area contributed by atoms with Crippen molar-refractivity contribution in [1.29, 1.82) is 0 Å². The Morgan fingerprint density at radius 3 is 2.35 bits per heavy atom. The maximum Gasteiger partial charge on any atom is 0.234 e. The van der Waals surface area contributed by atoms with Gasteiger partial charge < -0.3 is 5.32 Å². The number of carbonyl (C=O) groups is 1. The van der Waals surface area contributed by atoms with Crippen LogP contribution in [-0.2, 0) is 11.3 Å². The van der Waals surface area contributed by atoms with E-state index in [0.29, 0.717) is 13.1 Å². The zero-order chi connectivity index (χ0) is 15.9. The van der Waals surface area contributed by atoms with E-state index in [-0.39, 0.29) is 5.91 Å². The Hall–Kier alpha value is -2.39. The molecule has 1 heterocycles. The van der Waals surface area contributed by atoms with Crippen LogP contribution < -0.4 is 5.32 Å². The molecule has 3 rings (SSSR count). The zero-order valence-corrected chi connectivity index (χ0v) is 13.2. The predicted molar refractivity (Wildman–Crippen MR) is 93.8 cm³/mol. The Balaban J connectivity index is 1.47. The van der Waals surface area contributed by atoms with Crippen molar-refractivity contribution >= 4 is 11.5 Å². The highest BCUT2D eigenvalue weighted by Gasteiger charge is 2.15. The first-order valence-corrected chi connectivity index (χ1v) is 8.09. The number of hydrogen-bond donors (Lipinski definition) is 1. The molecular weight excluding hydrogens is 284 g/mol. The second kappa shape index (κ2) is 7.75. The van der Waals surface area contributed by atoms with Gasteiger partial charge in [0.1, 0.15) is 0 Å². The van der Waals surface area contributed by atoms with E-state index < -0.39 is 0 Å². The molecule has 0 atom stereocenters. The minimum atomic E-state index is 0.0883. The Morgan fingerprint density at radius 1 is 1.00 bits per heavy atom. The summed E-state index contributed by atoms with van der Waals surface area (Å²) in [5.41, 5.74) is 3.80. The van der Waals surface area contributed by atoms with Crippen molar-refractivity contribution < 1.29 is 4.79 Å². The van der Waals surface area contributed by atoms with Crippen LogP contribution in [0.15, 0.2) is 66.7 Å². The van der Waals surface area contributed by atoms with Crippen molar-refractivity contribution in [2.75, 3.05) is 19.6 Å². The van der Waals surface area contributed by atoms with Crippen LogP contribution in [-0.4, -0.2) is 30.4 Å². The molecule has 0 saturated heterocycles. The van der Waals surface area contributed by atoms with Gasteiger partial charge in [0.05, 0.1) is 6.54 Å². The molecule has 1 N–H and O–H groups in total. The molecule has 0 saturated carbocycles. The molecule has 3 nitrogen and oxygen atoms in total. The first-order valence-electron chi connectivity index (χ1n) is 8.09. The minimum Gasteiger partial charge on any atom is -0.351 e. The third kappa shape index (κ3) is 4.54. The third-order valence-electron chi connectivity index (χ3n) is 4.14. The quantitative estimate of drug-likeness (QED) is 0.920. The Bertz CT molecular complexity index is 665. The number of nitrogens with zero attached hydrogens (tertiary/aromatic N) is 1. The van der Waals surface area contributed by atoms with Crippen molar-refractivity contribution in [3.05, 3.63) is 77.9 Å². The molecular formula is C20H22N2O. The van der Waals surface area contributed by atoms with Gasteiger partial charge in [-0.1, -0.05) is 66.7 Å². The molecule has 0 aliphatic carbocycles. The molecule has 0 fully saturated rings. The van der Waals surface area contributed by atoms with Crippen LogP contribution in [0.2, 0.25) is 0 Å². The summed E-state index contributed by atoms with van der Waals surface area (Å²) in [6.07, 6.45) is 3.24. The van der Waals surface area contributed by atoms with Crippen LogP contribution in [0, 0.1) is 0 Å². The summed E-state index contributed by atoms with van der Waals surface area (Å²) in [5, 5.41) is 2.99. The van der Waals surface area contributed by atoms with E-state index in [2.05, 4.69) is 40.6 Å². The number of benzene rings is 2. The largest absolute Gasteiger partial charge is 0.351 e. The van der Waals surface area contributed by atoms with Crippen LogP contribution in [0.1, 0.15) is 17.5 Å². The number of hydrogen-bond acceptors (Lipinski definition) is 2. The second-order valence-corrected chi connectivity index (χ2v) is 5.84. The van der Waals surface area contributed by atoms with Gasteiger partial charge in [-0.3, -0.25) is 9.69 Å². The SMILES string of the molecule is O=C(CN1CC=C(c2ccccc2)CC1)NCc1ccccc1. The van der Waals surface area contributed by atoms with Gasteiger partial charge in [0.15, 0.2) is 0 Å². The zero-order valence-electron chi connectivity index (χ0n) is 13.2. The lowest BCUT2D eigenvalue weighted by molar-refractivity contribution is -0.122. The second-order valence-electron chi connectivity index (χ2n) is 5.84. The van der Waals surface area contributed by atoms with E-state index in [0.717, 1.165) is 25.1 Å². The molecule has 0 radical (unpaired) electrons. The lowest BCUT2D eigenvalue weighted by atomic mass is 10.00. The molecule has 23 heavy (non-hydrogen) atoms. The van der Waals surface area contributed by atoms with Gasteiger partial charge in [0.25, 0.3) is 0 Å². The molecule has 0 spiro atoms. The number of carbonyl (C=O) groups excluding carboxylic acids is 1. The fraction of sp³-hybridized carbons (Fsp3) is 0.250. The van der Waals surface area contributed by atoms with Crippen molar-refractivity contribution in [3.8, 4) is 0 Å². The van der Waals surface area contributed by atoms with Gasteiger partial charge in [-0.15, -0.1) is 0 Å². The number of nitrogens with one attached hydrogen (secondary N) is 1.